The number of hydrogen-bond acceptors (Lipinski definition) is 16. The summed E-state index contributed by atoms with van der Waals surface area (Å²) in [6.45, 7) is 26.5. The molecule has 16 nitrogen and oxygen atoms in total. The summed E-state index contributed by atoms with van der Waals surface area (Å²) in [4.78, 5) is 119. The topological polar surface area (TPSA) is 223 Å². The van der Waals surface area contributed by atoms with Gasteiger partial charge < -0.3 is 19.4 Å². The van der Waals surface area contributed by atoms with Gasteiger partial charge in [-0.3, -0.25) is 19.2 Å². The molecular weight excluding hydrogens is 1590 g/mol. The molecule has 668 valence electrons. The molecule has 0 heterocycles. The van der Waals surface area contributed by atoms with E-state index in [0.29, 0.717) is 51.6 Å². The number of hydrogen-bond donors (Lipinski definition) is 0. The fourth-order valence-electron chi connectivity index (χ4n) is 22.0. The fraction of sp³-hybridized carbons (Fsp3) is 0.411. The Kier molecular flexibility index (Phi) is 32.3. The standard InChI is InChI=1S/C30H31NO3.2C29H35NO3.C24H27NO3/c1-5-17-30(18-6-2)26-14-10-9-13-24(26)25-16-15-22(19-27(25)30)29(33)28(31-34-21(4)32)23-12-8-7-11-20(23)3;1-4-16-29(17-5-2)25-13-9-8-12-23(25)24-15-14-22(19-26(24)29)28(32)27(30-33-20(3)31)18-21-10-6-7-11-21;1-4-17-29(18-5-2)25-14-10-9-13-23(25)24-16-15-22(19-26(24)29)28(32)27(30-33-20(3)31)21-11-7-6-8-12-21;1-5-13-24(14-6-2)21-10-8-7-9-19(21)20-12-11-18(15-22(20)24)23(27)16(3)25-28-17(4)26/h7-16,19H,5-6,17-18H2,1-4H3;8-9,12-15,19,21H,4-7,10-11,16-18H2,1-3H3;9-10,13-16,19,21H,4-8,11-12,17-18H2,1-3H3;7-12,15H,5-6,13-14H2,1-4H3/b31-28+;2*30-27+;25-16+. The van der Waals surface area contributed by atoms with Gasteiger partial charge >= 0.3 is 23.9 Å². The molecule has 9 aromatic rings. The zero-order chi connectivity index (χ0) is 91.5. The Morgan fingerprint density at radius 1 is 0.305 bits per heavy atom. The van der Waals surface area contributed by atoms with Crippen molar-refractivity contribution < 1.29 is 57.7 Å². The molecule has 0 saturated heterocycles. The number of oxime groups is 4. The maximum atomic E-state index is 13.8. The van der Waals surface area contributed by atoms with Crippen LogP contribution in [0.1, 0.15) is 354 Å². The third kappa shape index (κ3) is 20.1. The van der Waals surface area contributed by atoms with Gasteiger partial charge in [-0.25, -0.2) is 19.2 Å². The second kappa shape index (κ2) is 43.3. The van der Waals surface area contributed by atoms with Gasteiger partial charge in [0.05, 0.1) is 0 Å². The maximum absolute atomic E-state index is 13.8. The van der Waals surface area contributed by atoms with E-state index in [1.54, 1.807) is 6.92 Å². The smallest absolute Gasteiger partial charge is 0.318 e. The quantitative estimate of drug-likeness (QED) is 0.0166. The molecule has 0 aliphatic heterocycles. The summed E-state index contributed by atoms with van der Waals surface area (Å²) in [5.74, 6) is -2.32. The highest BCUT2D eigenvalue weighted by Gasteiger charge is 2.47. The lowest BCUT2D eigenvalue weighted by Gasteiger charge is -2.32. The predicted molar refractivity (Wildman–Crippen MR) is 513 cm³/mol. The molecule has 0 N–H and O–H groups in total. The van der Waals surface area contributed by atoms with Crippen molar-refractivity contribution in [2.45, 2.75) is 286 Å². The number of rotatable bonds is 32. The van der Waals surface area contributed by atoms with Gasteiger partial charge in [-0.15, -0.1) is 0 Å². The Hall–Kier alpha value is -11.8. The molecule has 0 amide bonds. The normalized spacial score (nSPS) is 15.7. The lowest BCUT2D eigenvalue weighted by atomic mass is 9.71. The van der Waals surface area contributed by atoms with Crippen molar-refractivity contribution in [3.05, 3.63) is 272 Å². The molecule has 0 atom stereocenters. The molecule has 0 bridgehead atoms. The van der Waals surface area contributed by atoms with Crippen molar-refractivity contribution in [3.8, 4) is 44.5 Å². The Morgan fingerprint density at radius 2 is 0.602 bits per heavy atom. The van der Waals surface area contributed by atoms with Gasteiger partial charge in [0.1, 0.15) is 17.1 Å². The van der Waals surface area contributed by atoms with E-state index in [4.69, 9.17) is 14.5 Å². The average Bonchev–Trinajstić information content (AvgIpc) is 1.58. The molecule has 128 heavy (non-hydrogen) atoms. The van der Waals surface area contributed by atoms with Crippen molar-refractivity contribution in [2.75, 3.05) is 0 Å². The monoisotopic (exact) mass is 1720 g/mol. The van der Waals surface area contributed by atoms with Crippen molar-refractivity contribution in [1.29, 1.82) is 0 Å². The third-order valence-electron chi connectivity index (χ3n) is 27.1. The van der Waals surface area contributed by atoms with Gasteiger partial charge in [0.15, 0.2) is 5.71 Å². The van der Waals surface area contributed by atoms with Gasteiger partial charge in [-0.05, 0) is 209 Å². The molecule has 6 aliphatic rings. The van der Waals surface area contributed by atoms with E-state index in [-0.39, 0.29) is 62.1 Å². The van der Waals surface area contributed by atoms with Crippen LogP contribution in [0.4, 0.5) is 0 Å². The number of nitrogens with zero attached hydrogens (tertiary/aromatic N) is 4. The number of fused-ring (bicyclic) bond motifs is 12. The largest absolute Gasteiger partial charge is 0.332 e. The second-order valence-corrected chi connectivity index (χ2v) is 35.8. The molecule has 0 radical (unpaired) electrons. The molecule has 0 unspecified atom stereocenters. The SMILES string of the molecule is CCCC1(CCC)c2ccccc2-c2ccc(C(=O)/C(=N/OC(C)=O)C3CCCCC3)cc21.CCCC1(CCC)c2ccccc2-c2ccc(C(=O)/C(=N/OC(C)=O)c3ccccc3C)cc21.CCCC1(CCC)c2ccccc2-c2ccc(C(=O)/C(C)=N/OC(C)=O)cc21.CCCC1(CCC)c2ccccc2-c2ccc(C(=O)/C(CC3CCCC3)=N/OC(C)=O)cc21. The highest BCUT2D eigenvalue weighted by molar-refractivity contribution is 6.52. The summed E-state index contributed by atoms with van der Waals surface area (Å²) in [6.07, 6.45) is 27.2. The van der Waals surface area contributed by atoms with Crippen molar-refractivity contribution in [1.82, 2.24) is 0 Å². The molecule has 0 aromatic heterocycles. The Balaban J connectivity index is 0.000000155. The number of Topliss-reactive ketones (excluding diaryl/α,β-unsaturated/α-hetero) is 4. The predicted octanol–water partition coefficient (Wildman–Crippen LogP) is 27.2. The maximum Gasteiger partial charge on any atom is 0.332 e. The fourth-order valence-corrected chi connectivity index (χ4v) is 22.0. The van der Waals surface area contributed by atoms with Crippen LogP contribution < -0.4 is 0 Å². The minimum atomic E-state index is -0.562. The van der Waals surface area contributed by atoms with Crippen LogP contribution >= 0.6 is 0 Å². The Morgan fingerprint density at radius 3 is 0.961 bits per heavy atom. The molecule has 2 saturated carbocycles. The Bertz CT molecular complexity index is 5700. The zero-order valence-corrected chi connectivity index (χ0v) is 77.7. The van der Waals surface area contributed by atoms with E-state index in [1.165, 1.54) is 136 Å². The lowest BCUT2D eigenvalue weighted by Crippen LogP contribution is -2.28. The Labute approximate surface area is 757 Å². The van der Waals surface area contributed by atoms with Crippen LogP contribution in [-0.4, -0.2) is 69.9 Å². The van der Waals surface area contributed by atoms with E-state index in [1.807, 2.05) is 73.7 Å². The molecule has 15 rings (SSSR count). The van der Waals surface area contributed by atoms with Crippen LogP contribution in [0, 0.1) is 18.8 Å². The molecule has 2 fully saturated rings. The summed E-state index contributed by atoms with van der Waals surface area (Å²) in [6, 6.07) is 66.3. The van der Waals surface area contributed by atoms with Crippen LogP contribution in [0.15, 0.2) is 215 Å². The second-order valence-electron chi connectivity index (χ2n) is 35.8. The summed E-state index contributed by atoms with van der Waals surface area (Å²) in [5.41, 5.74) is 25.1. The van der Waals surface area contributed by atoms with Crippen LogP contribution in [0.2, 0.25) is 0 Å². The van der Waals surface area contributed by atoms with Gasteiger partial charge in [-0.2, -0.15) is 0 Å². The highest BCUT2D eigenvalue weighted by Crippen LogP contribution is 2.59. The number of aryl methyl sites for hydroxylation is 1. The van der Waals surface area contributed by atoms with Gasteiger partial charge in [0.25, 0.3) is 0 Å². The minimum Gasteiger partial charge on any atom is -0.318 e. The van der Waals surface area contributed by atoms with E-state index >= 15 is 0 Å². The number of carbonyl (C=O) groups excluding carboxylic acids is 8. The first kappa shape index (κ1) is 95.3. The first-order chi connectivity index (χ1) is 61.9. The van der Waals surface area contributed by atoms with Gasteiger partial charge in [0, 0.05) is 83.1 Å². The average molecular weight is 1720 g/mol. The minimum absolute atomic E-state index is 0.0482. The van der Waals surface area contributed by atoms with Gasteiger partial charge in [-0.1, -0.05) is 342 Å². The van der Waals surface area contributed by atoms with Gasteiger partial charge in [0.2, 0.25) is 23.1 Å². The molecule has 6 aliphatic carbocycles. The summed E-state index contributed by atoms with van der Waals surface area (Å²) in [5, 5.41) is 15.8. The van der Waals surface area contributed by atoms with Crippen molar-refractivity contribution in [2.24, 2.45) is 32.5 Å². The molecule has 16 heteroatoms. The van der Waals surface area contributed by atoms with Crippen LogP contribution in [0.5, 0.6) is 0 Å². The summed E-state index contributed by atoms with van der Waals surface area (Å²) < 4.78 is 0. The van der Waals surface area contributed by atoms with Crippen molar-refractivity contribution in [3.63, 3.8) is 0 Å². The van der Waals surface area contributed by atoms with Crippen LogP contribution in [0.25, 0.3) is 44.5 Å². The summed E-state index contributed by atoms with van der Waals surface area (Å²) in [7, 11) is 0. The molecular formula is C112H128N4O12. The molecule has 9 aromatic carbocycles. The first-order valence-corrected chi connectivity index (χ1v) is 47.1. The van der Waals surface area contributed by atoms with E-state index < -0.39 is 23.9 Å². The number of ketones is 4. The van der Waals surface area contributed by atoms with Crippen molar-refractivity contribution >= 4 is 69.9 Å². The van der Waals surface area contributed by atoms with E-state index in [9.17, 15) is 38.4 Å². The number of carbonyl (C=O) groups is 8. The lowest BCUT2D eigenvalue weighted by molar-refractivity contribution is -0.141. The van der Waals surface area contributed by atoms with Crippen LogP contribution in [-0.2, 0) is 60.2 Å². The first-order valence-electron chi connectivity index (χ1n) is 47.1. The molecule has 0 spiro atoms. The highest BCUT2D eigenvalue weighted by atomic mass is 16.7. The number of benzene rings is 9. The zero-order valence-electron chi connectivity index (χ0n) is 77.7. The van der Waals surface area contributed by atoms with E-state index in [2.05, 4.69) is 208 Å². The summed E-state index contributed by atoms with van der Waals surface area (Å²) >= 11 is 0. The third-order valence-corrected chi connectivity index (χ3v) is 27.1. The van der Waals surface area contributed by atoms with Crippen LogP contribution in [0.3, 0.4) is 0 Å². The van der Waals surface area contributed by atoms with E-state index in [0.717, 1.165) is 147 Å².